The zero-order valence-corrected chi connectivity index (χ0v) is 17.6. The molecule has 2 amide bonds. The van der Waals surface area contributed by atoms with Crippen molar-refractivity contribution in [2.45, 2.75) is 51.0 Å². The van der Waals surface area contributed by atoms with Gasteiger partial charge in [0.1, 0.15) is 11.6 Å². The van der Waals surface area contributed by atoms with Crippen LogP contribution in [0.15, 0.2) is 28.8 Å². The highest BCUT2D eigenvalue weighted by Gasteiger charge is 2.31. The molecule has 4 rings (SSSR count). The summed E-state index contributed by atoms with van der Waals surface area (Å²) in [5, 5.41) is 4.03. The van der Waals surface area contributed by atoms with Crippen molar-refractivity contribution in [3.05, 3.63) is 41.8 Å². The van der Waals surface area contributed by atoms with Crippen molar-refractivity contribution in [2.75, 3.05) is 26.2 Å². The largest absolute Gasteiger partial charge is 0.484 e. The molecule has 166 valence electrons. The maximum atomic E-state index is 13.0. The van der Waals surface area contributed by atoms with Crippen molar-refractivity contribution in [1.82, 2.24) is 19.9 Å². The second-order valence-electron chi connectivity index (χ2n) is 8.16. The number of nitrogens with zero attached hydrogens (tertiary/aromatic N) is 4. The van der Waals surface area contributed by atoms with E-state index in [9.17, 15) is 14.0 Å². The van der Waals surface area contributed by atoms with Gasteiger partial charge in [-0.3, -0.25) is 9.59 Å². The molecule has 9 heteroatoms. The van der Waals surface area contributed by atoms with Crippen LogP contribution in [0.4, 0.5) is 4.39 Å². The van der Waals surface area contributed by atoms with E-state index in [2.05, 4.69) is 10.1 Å². The van der Waals surface area contributed by atoms with Crippen LogP contribution < -0.4 is 4.74 Å². The Hall–Kier alpha value is -2.97. The van der Waals surface area contributed by atoms with Crippen molar-refractivity contribution < 1.29 is 23.2 Å². The monoisotopic (exact) mass is 430 g/mol. The number of amides is 2. The van der Waals surface area contributed by atoms with Crippen LogP contribution >= 0.6 is 0 Å². The minimum absolute atomic E-state index is 0.0345. The summed E-state index contributed by atoms with van der Waals surface area (Å²) >= 11 is 0. The number of aromatic nitrogens is 2. The van der Waals surface area contributed by atoms with Gasteiger partial charge >= 0.3 is 0 Å². The number of ether oxygens (including phenoxy) is 1. The topological polar surface area (TPSA) is 88.8 Å². The van der Waals surface area contributed by atoms with Crippen molar-refractivity contribution >= 4 is 11.8 Å². The third-order valence-corrected chi connectivity index (χ3v) is 5.76. The lowest BCUT2D eigenvalue weighted by molar-refractivity contribution is -0.139. The van der Waals surface area contributed by atoms with Gasteiger partial charge in [0, 0.05) is 44.9 Å². The van der Waals surface area contributed by atoms with Gasteiger partial charge in [-0.05, 0) is 49.9 Å². The summed E-state index contributed by atoms with van der Waals surface area (Å²) in [5.74, 6) is 1.62. The predicted octanol–water partition coefficient (Wildman–Crippen LogP) is 2.55. The Labute approximate surface area is 180 Å². The molecule has 0 bridgehead atoms. The average Bonchev–Trinajstić information content (AvgIpc) is 3.51. The summed E-state index contributed by atoms with van der Waals surface area (Å²) in [6.45, 7) is 3.00. The highest BCUT2D eigenvalue weighted by molar-refractivity contribution is 5.78. The SMILES string of the molecule is CC(=O)N(CCc1noc(C2CC2)n1)C1CCCN(C(=O)COc2ccc(F)cc2)C1. The second-order valence-corrected chi connectivity index (χ2v) is 8.16. The van der Waals surface area contributed by atoms with Crippen LogP contribution in [0.5, 0.6) is 5.75 Å². The molecule has 1 unspecified atom stereocenters. The van der Waals surface area contributed by atoms with Gasteiger partial charge < -0.3 is 19.1 Å². The predicted molar refractivity (Wildman–Crippen MR) is 109 cm³/mol. The molecule has 1 aromatic carbocycles. The van der Waals surface area contributed by atoms with Crippen molar-refractivity contribution in [3.63, 3.8) is 0 Å². The minimum Gasteiger partial charge on any atom is -0.484 e. The first-order valence-corrected chi connectivity index (χ1v) is 10.8. The summed E-state index contributed by atoms with van der Waals surface area (Å²) in [5.41, 5.74) is 0. The number of likely N-dealkylation sites (tertiary alicyclic amines) is 1. The number of halogens is 1. The van der Waals surface area contributed by atoms with Crippen LogP contribution in [0.25, 0.3) is 0 Å². The molecular weight excluding hydrogens is 403 g/mol. The fourth-order valence-corrected chi connectivity index (χ4v) is 3.89. The van der Waals surface area contributed by atoms with E-state index in [4.69, 9.17) is 9.26 Å². The first kappa shape index (κ1) is 21.3. The second kappa shape index (κ2) is 9.45. The van der Waals surface area contributed by atoms with Crippen LogP contribution in [0.3, 0.4) is 0 Å². The Morgan fingerprint density at radius 2 is 2.03 bits per heavy atom. The number of hydrogen-bond acceptors (Lipinski definition) is 6. The molecular formula is C22H27FN4O4. The summed E-state index contributed by atoms with van der Waals surface area (Å²) in [6, 6.07) is 5.51. The van der Waals surface area contributed by atoms with Crippen LogP contribution in [0.2, 0.25) is 0 Å². The molecule has 2 aliphatic rings. The van der Waals surface area contributed by atoms with E-state index in [0.717, 1.165) is 25.7 Å². The normalized spacial score (nSPS) is 18.6. The summed E-state index contributed by atoms with van der Waals surface area (Å²) in [6.07, 6.45) is 4.36. The number of carbonyl (C=O) groups is 2. The van der Waals surface area contributed by atoms with Crippen molar-refractivity contribution in [3.8, 4) is 5.75 Å². The Kier molecular flexibility index (Phi) is 6.48. The number of carbonyl (C=O) groups excluding carboxylic acids is 2. The summed E-state index contributed by atoms with van der Waals surface area (Å²) < 4.78 is 23.8. The standard InChI is InChI=1S/C22H27FN4O4/c1-15(28)27(12-10-20-24-22(31-25-20)16-4-5-16)18-3-2-11-26(13-18)21(29)14-30-19-8-6-17(23)7-9-19/h6-9,16,18H,2-5,10-14H2,1H3. The lowest BCUT2D eigenvalue weighted by Gasteiger charge is -2.39. The average molecular weight is 430 g/mol. The molecule has 1 aliphatic carbocycles. The summed E-state index contributed by atoms with van der Waals surface area (Å²) in [7, 11) is 0. The summed E-state index contributed by atoms with van der Waals surface area (Å²) in [4.78, 5) is 32.9. The van der Waals surface area contributed by atoms with Gasteiger partial charge in [-0.2, -0.15) is 4.98 Å². The van der Waals surface area contributed by atoms with Crippen molar-refractivity contribution in [2.24, 2.45) is 0 Å². The third-order valence-electron chi connectivity index (χ3n) is 5.76. The Morgan fingerprint density at radius 3 is 2.74 bits per heavy atom. The van der Waals surface area contributed by atoms with Gasteiger partial charge in [0.05, 0.1) is 0 Å². The number of benzene rings is 1. The van der Waals surface area contributed by atoms with Gasteiger partial charge in [0.15, 0.2) is 12.4 Å². The molecule has 0 radical (unpaired) electrons. The smallest absolute Gasteiger partial charge is 0.260 e. The van der Waals surface area contributed by atoms with E-state index in [0.29, 0.717) is 49.4 Å². The van der Waals surface area contributed by atoms with Crippen LogP contribution in [0, 0.1) is 5.82 Å². The molecule has 31 heavy (non-hydrogen) atoms. The number of piperidine rings is 1. The van der Waals surface area contributed by atoms with E-state index < -0.39 is 0 Å². The fourth-order valence-electron chi connectivity index (χ4n) is 3.89. The van der Waals surface area contributed by atoms with Crippen LogP contribution in [-0.2, 0) is 16.0 Å². The Bertz CT molecular complexity index is 912. The maximum absolute atomic E-state index is 13.0. The zero-order valence-electron chi connectivity index (χ0n) is 17.6. The van der Waals surface area contributed by atoms with Gasteiger partial charge in [-0.25, -0.2) is 4.39 Å². The molecule has 0 N–H and O–H groups in total. The zero-order chi connectivity index (χ0) is 21.8. The first-order valence-electron chi connectivity index (χ1n) is 10.8. The molecule has 2 fully saturated rings. The van der Waals surface area contributed by atoms with E-state index in [1.165, 1.54) is 24.3 Å². The number of hydrogen-bond donors (Lipinski definition) is 0. The minimum atomic E-state index is -0.355. The van der Waals surface area contributed by atoms with Gasteiger partial charge in [0.25, 0.3) is 5.91 Å². The maximum Gasteiger partial charge on any atom is 0.260 e. The molecule has 1 saturated carbocycles. The molecule has 8 nitrogen and oxygen atoms in total. The van der Waals surface area contributed by atoms with Crippen LogP contribution in [0.1, 0.15) is 50.2 Å². The van der Waals surface area contributed by atoms with Gasteiger partial charge in [-0.15, -0.1) is 0 Å². The number of rotatable bonds is 8. The quantitative estimate of drug-likeness (QED) is 0.640. The van der Waals surface area contributed by atoms with Gasteiger partial charge in [0.2, 0.25) is 11.8 Å². The highest BCUT2D eigenvalue weighted by atomic mass is 19.1. The van der Waals surface area contributed by atoms with E-state index in [1.54, 1.807) is 16.7 Å². The lowest BCUT2D eigenvalue weighted by Crippen LogP contribution is -2.52. The Morgan fingerprint density at radius 1 is 1.26 bits per heavy atom. The van der Waals surface area contributed by atoms with Crippen molar-refractivity contribution in [1.29, 1.82) is 0 Å². The van der Waals surface area contributed by atoms with E-state index >= 15 is 0 Å². The molecule has 1 aromatic heterocycles. The lowest BCUT2D eigenvalue weighted by atomic mass is 10.0. The molecule has 2 aromatic rings. The highest BCUT2D eigenvalue weighted by Crippen LogP contribution is 2.38. The molecule has 1 atom stereocenters. The van der Waals surface area contributed by atoms with E-state index in [-0.39, 0.29) is 30.3 Å². The molecule has 1 aliphatic heterocycles. The molecule has 1 saturated heterocycles. The van der Waals surface area contributed by atoms with Crippen LogP contribution in [-0.4, -0.2) is 64.0 Å². The molecule has 2 heterocycles. The first-order chi connectivity index (χ1) is 15.0. The third kappa shape index (κ3) is 5.59. The molecule has 0 spiro atoms. The fraction of sp³-hybridized carbons (Fsp3) is 0.545. The Balaban J connectivity index is 1.30. The van der Waals surface area contributed by atoms with E-state index in [1.807, 2.05) is 0 Å². The van der Waals surface area contributed by atoms with Gasteiger partial charge in [-0.1, -0.05) is 5.16 Å².